The summed E-state index contributed by atoms with van der Waals surface area (Å²) < 4.78 is 33.6. The Morgan fingerprint density at radius 2 is 1.93 bits per heavy atom. The van der Waals surface area contributed by atoms with E-state index < -0.39 is 10.0 Å². The van der Waals surface area contributed by atoms with Gasteiger partial charge in [0.25, 0.3) is 10.0 Å². The van der Waals surface area contributed by atoms with Crippen molar-refractivity contribution in [3.05, 3.63) is 54.2 Å². The van der Waals surface area contributed by atoms with Crippen LogP contribution in [0.1, 0.15) is 5.69 Å². The van der Waals surface area contributed by atoms with Crippen LogP contribution in [-0.2, 0) is 21.4 Å². The fourth-order valence-electron chi connectivity index (χ4n) is 3.44. The van der Waals surface area contributed by atoms with Gasteiger partial charge in [-0.05, 0) is 25.1 Å². The summed E-state index contributed by atoms with van der Waals surface area (Å²) in [7, 11) is -0.607. The number of hydrogen-bond acceptors (Lipinski definition) is 5. The number of amides is 1. The number of anilines is 2. The van der Waals surface area contributed by atoms with Crippen LogP contribution in [0.3, 0.4) is 0 Å². The van der Waals surface area contributed by atoms with E-state index in [0.717, 1.165) is 0 Å². The van der Waals surface area contributed by atoms with E-state index in [9.17, 15) is 13.2 Å². The lowest BCUT2D eigenvalue weighted by atomic mass is 10.1. The van der Waals surface area contributed by atoms with Gasteiger partial charge in [0.15, 0.2) is 0 Å². The molecule has 0 fully saturated rings. The smallest absolute Gasteiger partial charge is 0.264 e. The zero-order chi connectivity index (χ0) is 20.8. The van der Waals surface area contributed by atoms with Crippen LogP contribution in [-0.4, -0.2) is 38.3 Å². The van der Waals surface area contributed by atoms with E-state index >= 15 is 0 Å². The molecule has 1 amide bonds. The van der Waals surface area contributed by atoms with Gasteiger partial charge in [-0.25, -0.2) is 8.42 Å². The number of methoxy groups -OCH3 is 1. The van der Waals surface area contributed by atoms with E-state index in [2.05, 4.69) is 10.4 Å². The van der Waals surface area contributed by atoms with Gasteiger partial charge in [-0.15, -0.1) is 0 Å². The van der Waals surface area contributed by atoms with Gasteiger partial charge >= 0.3 is 0 Å². The molecule has 0 saturated heterocycles. The van der Waals surface area contributed by atoms with Crippen molar-refractivity contribution >= 4 is 27.3 Å². The van der Waals surface area contributed by atoms with E-state index in [1.165, 1.54) is 16.0 Å². The van der Waals surface area contributed by atoms with Crippen molar-refractivity contribution in [2.75, 3.05) is 23.8 Å². The first-order valence-electron chi connectivity index (χ1n) is 8.92. The van der Waals surface area contributed by atoms with Crippen LogP contribution in [0, 0.1) is 6.92 Å². The Hall–Kier alpha value is -3.33. The molecule has 1 N–H and O–H groups in total. The van der Waals surface area contributed by atoms with Gasteiger partial charge in [0.1, 0.15) is 23.7 Å². The Kier molecular flexibility index (Phi) is 4.54. The Morgan fingerprint density at radius 3 is 2.69 bits per heavy atom. The summed E-state index contributed by atoms with van der Waals surface area (Å²) >= 11 is 0. The number of hydrogen-bond donors (Lipinski definition) is 1. The number of carbonyl (C=O) groups is 1. The lowest BCUT2D eigenvalue weighted by molar-refractivity contribution is -0.116. The number of nitrogens with one attached hydrogen (secondary N) is 1. The highest BCUT2D eigenvalue weighted by Gasteiger charge is 2.36. The number of fused-ring (bicyclic) bond motifs is 3. The first-order valence-corrected chi connectivity index (χ1v) is 10.4. The van der Waals surface area contributed by atoms with E-state index in [1.54, 1.807) is 62.6 Å². The molecular formula is C20H20N4O4S. The van der Waals surface area contributed by atoms with E-state index in [4.69, 9.17) is 4.74 Å². The topological polar surface area (TPSA) is 93.5 Å². The molecule has 150 valence electrons. The van der Waals surface area contributed by atoms with Gasteiger partial charge in [-0.3, -0.25) is 13.8 Å². The summed E-state index contributed by atoms with van der Waals surface area (Å²) in [6.07, 6.45) is 0. The minimum atomic E-state index is -3.66. The van der Waals surface area contributed by atoms with Crippen molar-refractivity contribution in [2.45, 2.75) is 18.4 Å². The summed E-state index contributed by atoms with van der Waals surface area (Å²) in [5.74, 6) is 0.358. The number of rotatable bonds is 4. The second-order valence-electron chi connectivity index (χ2n) is 6.69. The lowest BCUT2D eigenvalue weighted by Crippen LogP contribution is -2.30. The molecule has 0 saturated carbocycles. The molecule has 1 aliphatic heterocycles. The van der Waals surface area contributed by atoms with E-state index in [1.807, 2.05) is 0 Å². The largest absolute Gasteiger partial charge is 0.497 e. The highest BCUT2D eigenvalue weighted by atomic mass is 32.2. The molecule has 2 heterocycles. The predicted molar refractivity (Wildman–Crippen MR) is 110 cm³/mol. The van der Waals surface area contributed by atoms with Crippen LogP contribution in [0.5, 0.6) is 5.75 Å². The Balaban J connectivity index is 1.67. The van der Waals surface area contributed by atoms with Crippen molar-refractivity contribution < 1.29 is 17.9 Å². The van der Waals surface area contributed by atoms with Gasteiger partial charge < -0.3 is 10.1 Å². The van der Waals surface area contributed by atoms with Gasteiger partial charge in [0.05, 0.1) is 17.7 Å². The average Bonchev–Trinajstić information content (AvgIpc) is 3.02. The van der Waals surface area contributed by atoms with Gasteiger partial charge in [0, 0.05) is 24.4 Å². The summed E-state index contributed by atoms with van der Waals surface area (Å²) in [6, 6.07) is 13.8. The lowest BCUT2D eigenvalue weighted by Gasteiger charge is -2.26. The molecule has 0 radical (unpaired) electrons. The predicted octanol–water partition coefficient (Wildman–Crippen LogP) is 2.64. The molecule has 0 aliphatic carbocycles. The molecule has 29 heavy (non-hydrogen) atoms. The number of ether oxygens (including phenoxy) is 1. The van der Waals surface area contributed by atoms with Crippen molar-refractivity contribution in [1.82, 2.24) is 9.78 Å². The highest BCUT2D eigenvalue weighted by Crippen LogP contribution is 2.43. The second-order valence-corrected chi connectivity index (χ2v) is 8.63. The molecule has 9 heteroatoms. The van der Waals surface area contributed by atoms with Crippen molar-refractivity contribution in [1.29, 1.82) is 0 Å². The van der Waals surface area contributed by atoms with Gasteiger partial charge in [-0.2, -0.15) is 5.10 Å². The minimum Gasteiger partial charge on any atom is -0.497 e. The molecule has 1 aliphatic rings. The first-order chi connectivity index (χ1) is 13.8. The van der Waals surface area contributed by atoms with Crippen LogP contribution in [0.25, 0.3) is 11.3 Å². The third kappa shape index (κ3) is 3.13. The summed E-state index contributed by atoms with van der Waals surface area (Å²) in [5, 5.41) is 7.36. The number of aromatic nitrogens is 2. The van der Waals surface area contributed by atoms with Gasteiger partial charge in [0.2, 0.25) is 5.91 Å². The summed E-state index contributed by atoms with van der Waals surface area (Å²) in [5.41, 5.74) is 2.77. The number of sulfonamides is 1. The van der Waals surface area contributed by atoms with Crippen molar-refractivity contribution in [3.63, 3.8) is 0 Å². The van der Waals surface area contributed by atoms with Gasteiger partial charge in [-0.1, -0.05) is 24.3 Å². The second kappa shape index (κ2) is 6.93. The molecule has 0 unspecified atom stereocenters. The number of benzene rings is 2. The molecule has 0 atom stereocenters. The maximum Gasteiger partial charge on any atom is 0.264 e. The molecule has 8 nitrogen and oxygen atoms in total. The van der Waals surface area contributed by atoms with Crippen LogP contribution in [0.15, 0.2) is 53.4 Å². The SMILES string of the molecule is COc1cccc(NC(=O)Cn2nc3c(c2C)N(C)S(=O)(=O)c2ccccc2-3)c1. The number of nitrogens with zero attached hydrogens (tertiary/aromatic N) is 3. The fourth-order valence-corrected chi connectivity index (χ4v) is 4.89. The van der Waals surface area contributed by atoms with Crippen LogP contribution in [0.2, 0.25) is 0 Å². The highest BCUT2D eigenvalue weighted by molar-refractivity contribution is 7.93. The molecule has 0 spiro atoms. The number of carbonyl (C=O) groups excluding carboxylic acids is 1. The summed E-state index contributed by atoms with van der Waals surface area (Å²) in [6.45, 7) is 1.71. The van der Waals surface area contributed by atoms with Crippen LogP contribution >= 0.6 is 0 Å². The average molecular weight is 412 g/mol. The molecule has 1 aromatic heterocycles. The van der Waals surface area contributed by atoms with Crippen molar-refractivity contribution in [3.8, 4) is 17.0 Å². The molecule has 0 bridgehead atoms. The quantitative estimate of drug-likeness (QED) is 0.711. The maximum absolute atomic E-state index is 12.8. The molecule has 3 aromatic rings. The third-order valence-electron chi connectivity index (χ3n) is 4.92. The fraction of sp³-hybridized carbons (Fsp3) is 0.200. The zero-order valence-corrected chi connectivity index (χ0v) is 17.0. The molecular weight excluding hydrogens is 392 g/mol. The monoisotopic (exact) mass is 412 g/mol. The van der Waals surface area contributed by atoms with E-state index in [0.29, 0.717) is 34.1 Å². The third-order valence-corrected chi connectivity index (χ3v) is 6.73. The first kappa shape index (κ1) is 19.0. The Labute approximate surface area is 168 Å². The van der Waals surface area contributed by atoms with Crippen LogP contribution < -0.4 is 14.4 Å². The Morgan fingerprint density at radius 1 is 1.17 bits per heavy atom. The van der Waals surface area contributed by atoms with Crippen LogP contribution in [0.4, 0.5) is 11.4 Å². The Bertz CT molecular complexity index is 1220. The summed E-state index contributed by atoms with van der Waals surface area (Å²) in [4.78, 5) is 12.8. The zero-order valence-electron chi connectivity index (χ0n) is 16.2. The molecule has 4 rings (SSSR count). The minimum absolute atomic E-state index is 0.0495. The molecule has 2 aromatic carbocycles. The van der Waals surface area contributed by atoms with Crippen molar-refractivity contribution in [2.24, 2.45) is 0 Å². The maximum atomic E-state index is 12.8. The standard InChI is InChI=1S/C20H20N4O4S/c1-13-20-19(16-9-4-5-10-17(16)29(26,27)23(20)2)22-24(13)12-18(25)21-14-7-6-8-15(11-14)28-3/h4-11H,12H2,1-3H3,(H,21,25). The van der Waals surface area contributed by atoms with E-state index in [-0.39, 0.29) is 17.3 Å². The normalized spacial score (nSPS) is 14.1.